The monoisotopic (exact) mass is 349 g/mol. The van der Waals surface area contributed by atoms with Crippen LogP contribution in [0.4, 0.5) is 14.9 Å². The summed E-state index contributed by atoms with van der Waals surface area (Å²) < 4.78 is 13.8. The topological polar surface area (TPSA) is 116 Å². The molecule has 1 heterocycles. The predicted octanol–water partition coefficient (Wildman–Crippen LogP) is 1.33. The number of carboxylic acids is 1. The van der Waals surface area contributed by atoms with Crippen LogP contribution in [0.15, 0.2) is 18.2 Å². The van der Waals surface area contributed by atoms with Crippen molar-refractivity contribution in [3.05, 3.63) is 29.6 Å². The Morgan fingerprint density at radius 1 is 1.28 bits per heavy atom. The van der Waals surface area contributed by atoms with E-state index in [9.17, 15) is 23.6 Å². The summed E-state index contributed by atoms with van der Waals surface area (Å²) in [4.78, 5) is 48.1. The highest BCUT2D eigenvalue weighted by Gasteiger charge is 2.52. The van der Waals surface area contributed by atoms with E-state index in [0.29, 0.717) is 12.8 Å². The molecule has 9 heteroatoms. The number of anilines is 1. The number of halogens is 1. The number of nitrogens with one attached hydrogen (secondary N) is 2. The number of rotatable bonds is 4. The molecule has 1 aliphatic heterocycles. The van der Waals surface area contributed by atoms with Gasteiger partial charge in [0.05, 0.1) is 11.3 Å². The second-order valence-electron chi connectivity index (χ2n) is 6.16. The molecule has 1 aliphatic carbocycles. The van der Waals surface area contributed by atoms with Crippen molar-refractivity contribution in [2.24, 2.45) is 0 Å². The van der Waals surface area contributed by atoms with Gasteiger partial charge in [0.25, 0.3) is 5.91 Å². The van der Waals surface area contributed by atoms with Crippen LogP contribution in [0.25, 0.3) is 0 Å². The molecule has 3 N–H and O–H groups in total. The van der Waals surface area contributed by atoms with E-state index >= 15 is 0 Å². The van der Waals surface area contributed by atoms with Crippen molar-refractivity contribution in [1.29, 1.82) is 0 Å². The molecule has 1 aromatic rings. The fourth-order valence-electron chi connectivity index (χ4n) is 3.22. The molecule has 8 nitrogen and oxygen atoms in total. The van der Waals surface area contributed by atoms with Crippen LogP contribution in [-0.2, 0) is 9.59 Å². The first-order valence-electron chi connectivity index (χ1n) is 7.79. The quantitative estimate of drug-likeness (QED) is 0.709. The van der Waals surface area contributed by atoms with Gasteiger partial charge in [-0.1, -0.05) is 12.8 Å². The second kappa shape index (κ2) is 6.15. The first-order valence-corrected chi connectivity index (χ1v) is 7.79. The molecule has 2 fully saturated rings. The number of amides is 4. The Balaban J connectivity index is 1.68. The fraction of sp³-hybridized carbons (Fsp3) is 0.375. The summed E-state index contributed by atoms with van der Waals surface area (Å²) in [6.45, 7) is -0.535. The normalized spacial score (nSPS) is 18.5. The van der Waals surface area contributed by atoms with E-state index in [1.54, 1.807) is 0 Å². The molecule has 1 aromatic carbocycles. The van der Waals surface area contributed by atoms with Gasteiger partial charge in [-0.05, 0) is 31.0 Å². The van der Waals surface area contributed by atoms with Gasteiger partial charge >= 0.3 is 12.0 Å². The standard InChI is InChI=1S/C16H16FN3O5/c17-10-7-9(13(22)23)3-4-11(10)18-12(21)8-20-14(24)16(19-15(20)25)5-1-2-6-16/h3-4,7H,1-2,5-6,8H2,(H,18,21)(H,19,25)(H,22,23). The molecule has 1 spiro atoms. The molecule has 0 radical (unpaired) electrons. The summed E-state index contributed by atoms with van der Waals surface area (Å²) in [7, 11) is 0. The number of aromatic carboxylic acids is 1. The van der Waals surface area contributed by atoms with Crippen LogP contribution >= 0.6 is 0 Å². The molecule has 4 amide bonds. The van der Waals surface area contributed by atoms with Crippen LogP contribution in [0, 0.1) is 5.82 Å². The third-order valence-electron chi connectivity index (χ3n) is 4.49. The number of imide groups is 1. The van der Waals surface area contributed by atoms with E-state index in [1.165, 1.54) is 0 Å². The zero-order chi connectivity index (χ0) is 18.2. The number of carbonyl (C=O) groups excluding carboxylic acids is 3. The summed E-state index contributed by atoms with van der Waals surface area (Å²) in [5, 5.41) is 13.7. The molecule has 2 aliphatic rings. The van der Waals surface area contributed by atoms with Crippen molar-refractivity contribution in [2.75, 3.05) is 11.9 Å². The van der Waals surface area contributed by atoms with Crippen molar-refractivity contribution in [3.8, 4) is 0 Å². The Labute approximate surface area is 142 Å². The number of hydrogen-bond acceptors (Lipinski definition) is 4. The lowest BCUT2D eigenvalue weighted by molar-refractivity contribution is -0.133. The lowest BCUT2D eigenvalue weighted by Crippen LogP contribution is -2.44. The second-order valence-corrected chi connectivity index (χ2v) is 6.16. The highest BCUT2D eigenvalue weighted by atomic mass is 19.1. The zero-order valence-corrected chi connectivity index (χ0v) is 13.2. The lowest BCUT2D eigenvalue weighted by atomic mass is 9.98. The maximum atomic E-state index is 13.8. The molecule has 25 heavy (non-hydrogen) atoms. The van der Waals surface area contributed by atoms with E-state index in [2.05, 4.69) is 10.6 Å². The first-order chi connectivity index (χ1) is 11.8. The molecule has 0 unspecified atom stereocenters. The minimum absolute atomic E-state index is 0.224. The van der Waals surface area contributed by atoms with Gasteiger partial charge in [-0.2, -0.15) is 0 Å². The molecule has 1 saturated heterocycles. The van der Waals surface area contributed by atoms with E-state index in [1.807, 2.05) is 0 Å². The van der Waals surface area contributed by atoms with Crippen molar-refractivity contribution in [2.45, 2.75) is 31.2 Å². The summed E-state index contributed by atoms with van der Waals surface area (Å²) in [5.41, 5.74) is -1.39. The SMILES string of the molecule is O=C(CN1C(=O)NC2(CCCC2)C1=O)Nc1ccc(C(=O)O)cc1F. The van der Waals surface area contributed by atoms with Crippen LogP contribution in [0.2, 0.25) is 0 Å². The number of urea groups is 1. The van der Waals surface area contributed by atoms with Gasteiger partial charge in [-0.25, -0.2) is 14.0 Å². The first kappa shape index (κ1) is 16.9. The fourth-order valence-corrected chi connectivity index (χ4v) is 3.22. The highest BCUT2D eigenvalue weighted by molar-refractivity contribution is 6.10. The summed E-state index contributed by atoms with van der Waals surface area (Å²) in [6.07, 6.45) is 2.74. The maximum Gasteiger partial charge on any atom is 0.335 e. The summed E-state index contributed by atoms with van der Waals surface area (Å²) in [5.74, 6) is -3.40. The molecular weight excluding hydrogens is 333 g/mol. The molecule has 3 rings (SSSR count). The largest absolute Gasteiger partial charge is 0.478 e. The van der Waals surface area contributed by atoms with Gasteiger partial charge in [0.1, 0.15) is 17.9 Å². The Kier molecular flexibility index (Phi) is 4.15. The average Bonchev–Trinajstić information content (AvgIpc) is 3.10. The molecule has 0 bridgehead atoms. The van der Waals surface area contributed by atoms with Crippen LogP contribution in [0.5, 0.6) is 0 Å². The van der Waals surface area contributed by atoms with Crippen molar-refractivity contribution in [1.82, 2.24) is 10.2 Å². The van der Waals surface area contributed by atoms with E-state index < -0.39 is 41.7 Å². The Morgan fingerprint density at radius 3 is 2.56 bits per heavy atom. The van der Waals surface area contributed by atoms with Crippen LogP contribution in [0.3, 0.4) is 0 Å². The van der Waals surface area contributed by atoms with Crippen LogP contribution < -0.4 is 10.6 Å². The molecule has 1 saturated carbocycles. The molecule has 132 valence electrons. The van der Waals surface area contributed by atoms with Crippen LogP contribution in [0.1, 0.15) is 36.0 Å². The summed E-state index contributed by atoms with van der Waals surface area (Å²) in [6, 6.07) is 2.39. The van der Waals surface area contributed by atoms with E-state index in [0.717, 1.165) is 35.9 Å². The highest BCUT2D eigenvalue weighted by Crippen LogP contribution is 2.34. The van der Waals surface area contributed by atoms with Crippen molar-refractivity contribution in [3.63, 3.8) is 0 Å². The van der Waals surface area contributed by atoms with Gasteiger partial charge in [-0.15, -0.1) is 0 Å². The molecular formula is C16H16FN3O5. The lowest BCUT2D eigenvalue weighted by Gasteiger charge is -2.19. The van der Waals surface area contributed by atoms with E-state index in [4.69, 9.17) is 5.11 Å². The Bertz CT molecular complexity index is 773. The van der Waals surface area contributed by atoms with E-state index in [-0.39, 0.29) is 11.3 Å². The average molecular weight is 349 g/mol. The minimum Gasteiger partial charge on any atom is -0.478 e. The third-order valence-corrected chi connectivity index (χ3v) is 4.49. The third kappa shape index (κ3) is 3.04. The number of carboxylic acid groups (broad SMARTS) is 1. The summed E-state index contributed by atoms with van der Waals surface area (Å²) >= 11 is 0. The van der Waals surface area contributed by atoms with Crippen molar-refractivity contribution < 1.29 is 28.7 Å². The van der Waals surface area contributed by atoms with Gasteiger partial charge in [0.2, 0.25) is 5.91 Å². The predicted molar refractivity (Wildman–Crippen MR) is 83.4 cm³/mol. The number of carbonyl (C=O) groups is 4. The molecule has 0 aromatic heterocycles. The van der Waals surface area contributed by atoms with Crippen LogP contribution in [-0.4, -0.2) is 45.9 Å². The number of hydrogen-bond donors (Lipinski definition) is 3. The van der Waals surface area contributed by atoms with Gasteiger partial charge in [0, 0.05) is 0 Å². The number of nitrogens with zero attached hydrogens (tertiary/aromatic N) is 1. The minimum atomic E-state index is -1.29. The van der Waals surface area contributed by atoms with Gasteiger partial charge < -0.3 is 15.7 Å². The van der Waals surface area contributed by atoms with Gasteiger partial charge in [-0.3, -0.25) is 14.5 Å². The molecule has 0 atom stereocenters. The maximum absolute atomic E-state index is 13.8. The van der Waals surface area contributed by atoms with Crippen molar-refractivity contribution >= 4 is 29.5 Å². The smallest absolute Gasteiger partial charge is 0.335 e. The van der Waals surface area contributed by atoms with Gasteiger partial charge in [0.15, 0.2) is 0 Å². The zero-order valence-electron chi connectivity index (χ0n) is 13.2. The Morgan fingerprint density at radius 2 is 1.96 bits per heavy atom. The Hall–Kier alpha value is -2.97. The number of benzene rings is 1.